The second-order valence-electron chi connectivity index (χ2n) is 6.87. The first-order valence-corrected chi connectivity index (χ1v) is 8.07. The van der Waals surface area contributed by atoms with Crippen molar-refractivity contribution in [2.75, 3.05) is 18.0 Å². The summed E-state index contributed by atoms with van der Waals surface area (Å²) >= 11 is 0. The molecule has 3 atom stereocenters. The Morgan fingerprint density at radius 1 is 1.20 bits per heavy atom. The number of anilines is 1. The molecule has 1 aliphatic rings. The van der Waals surface area contributed by atoms with Crippen molar-refractivity contribution < 1.29 is 0 Å². The van der Waals surface area contributed by atoms with Crippen molar-refractivity contribution in [1.82, 2.24) is 5.32 Å². The molecule has 0 aromatic heterocycles. The van der Waals surface area contributed by atoms with Gasteiger partial charge in [-0.15, -0.1) is 0 Å². The van der Waals surface area contributed by atoms with E-state index in [0.29, 0.717) is 18.0 Å². The molecule has 0 saturated heterocycles. The third-order valence-electron chi connectivity index (χ3n) is 4.54. The van der Waals surface area contributed by atoms with Crippen molar-refractivity contribution in [3.05, 3.63) is 29.8 Å². The van der Waals surface area contributed by atoms with Gasteiger partial charge in [-0.25, -0.2) is 0 Å². The summed E-state index contributed by atoms with van der Waals surface area (Å²) in [6, 6.07) is 10.1. The maximum Gasteiger partial charge on any atom is 0.0401 e. The predicted octanol–water partition coefficient (Wildman–Crippen LogP) is 3.71. The van der Waals surface area contributed by atoms with Crippen LogP contribution in [0.1, 0.15) is 40.2 Å². The summed E-state index contributed by atoms with van der Waals surface area (Å²) in [4.78, 5) is 2.62. The third-order valence-corrected chi connectivity index (χ3v) is 4.54. The van der Waals surface area contributed by atoms with Crippen LogP contribution in [0.15, 0.2) is 24.3 Å². The van der Waals surface area contributed by atoms with Crippen LogP contribution in [0, 0.1) is 11.8 Å². The van der Waals surface area contributed by atoms with Gasteiger partial charge in [-0.1, -0.05) is 45.9 Å². The maximum atomic E-state index is 3.57. The monoisotopic (exact) mass is 274 g/mol. The number of rotatable bonds is 5. The summed E-state index contributed by atoms with van der Waals surface area (Å²) in [6.07, 6.45) is 1.22. The number of nitrogens with zero attached hydrogens (tertiary/aromatic N) is 1. The van der Waals surface area contributed by atoms with Gasteiger partial charge in [0.25, 0.3) is 0 Å². The first kappa shape index (κ1) is 15.4. The summed E-state index contributed by atoms with van der Waals surface area (Å²) in [7, 11) is 0. The highest BCUT2D eigenvalue weighted by Crippen LogP contribution is 2.32. The Morgan fingerprint density at radius 2 is 1.90 bits per heavy atom. The molecule has 20 heavy (non-hydrogen) atoms. The first-order chi connectivity index (χ1) is 9.49. The minimum atomic E-state index is 0.567. The third kappa shape index (κ3) is 3.54. The number of hydrogen-bond donors (Lipinski definition) is 1. The molecule has 0 aliphatic carbocycles. The Kier molecular flexibility index (Phi) is 5.09. The van der Waals surface area contributed by atoms with Gasteiger partial charge < -0.3 is 10.2 Å². The molecular weight excluding hydrogens is 244 g/mol. The van der Waals surface area contributed by atoms with Gasteiger partial charge in [0.15, 0.2) is 0 Å². The highest BCUT2D eigenvalue weighted by atomic mass is 15.2. The van der Waals surface area contributed by atoms with Gasteiger partial charge in [-0.2, -0.15) is 0 Å². The Labute approximate surface area is 124 Å². The van der Waals surface area contributed by atoms with E-state index < -0.39 is 0 Å². The van der Waals surface area contributed by atoms with E-state index in [9.17, 15) is 0 Å². The zero-order valence-electron chi connectivity index (χ0n) is 13.7. The lowest BCUT2D eigenvalue weighted by molar-refractivity contribution is 0.381. The summed E-state index contributed by atoms with van der Waals surface area (Å²) in [5.41, 5.74) is 2.97. The highest BCUT2D eigenvalue weighted by molar-refractivity contribution is 5.56. The van der Waals surface area contributed by atoms with E-state index in [1.807, 2.05) is 0 Å². The van der Waals surface area contributed by atoms with E-state index in [0.717, 1.165) is 12.5 Å². The molecule has 1 aromatic rings. The number of fused-ring (bicyclic) bond motifs is 1. The zero-order chi connectivity index (χ0) is 14.7. The van der Waals surface area contributed by atoms with Crippen molar-refractivity contribution in [2.24, 2.45) is 11.8 Å². The molecule has 2 rings (SSSR count). The van der Waals surface area contributed by atoms with Gasteiger partial charge in [0.2, 0.25) is 0 Å². The zero-order valence-corrected chi connectivity index (χ0v) is 13.7. The number of para-hydroxylation sites is 1. The largest absolute Gasteiger partial charge is 0.368 e. The van der Waals surface area contributed by atoms with Crippen LogP contribution in [0.3, 0.4) is 0 Å². The van der Waals surface area contributed by atoms with E-state index in [-0.39, 0.29) is 0 Å². The Hall–Kier alpha value is -1.02. The van der Waals surface area contributed by atoms with Crippen LogP contribution in [-0.2, 0) is 6.42 Å². The van der Waals surface area contributed by atoms with Gasteiger partial charge in [-0.05, 0) is 43.4 Å². The highest BCUT2D eigenvalue weighted by Gasteiger charge is 2.27. The average Bonchev–Trinajstić information content (AvgIpc) is 2.42. The Bertz CT molecular complexity index is 427. The van der Waals surface area contributed by atoms with Crippen LogP contribution in [0.4, 0.5) is 5.69 Å². The SMILES string of the molecule is CC1Cc2ccccc2N(C(C)C(C)CNC(C)C)C1. The van der Waals surface area contributed by atoms with E-state index in [1.165, 1.54) is 24.2 Å². The molecule has 0 bridgehead atoms. The summed E-state index contributed by atoms with van der Waals surface area (Å²) in [5, 5.41) is 3.57. The lowest BCUT2D eigenvalue weighted by Gasteiger charge is -2.41. The van der Waals surface area contributed by atoms with Crippen molar-refractivity contribution in [3.8, 4) is 0 Å². The molecule has 0 saturated carbocycles. The van der Waals surface area contributed by atoms with E-state index >= 15 is 0 Å². The topological polar surface area (TPSA) is 15.3 Å². The number of benzene rings is 1. The summed E-state index contributed by atoms with van der Waals surface area (Å²) in [5.74, 6) is 1.40. The first-order valence-electron chi connectivity index (χ1n) is 8.07. The number of nitrogens with one attached hydrogen (secondary N) is 1. The van der Waals surface area contributed by atoms with Crippen LogP contribution < -0.4 is 10.2 Å². The Morgan fingerprint density at radius 3 is 2.60 bits per heavy atom. The fourth-order valence-electron chi connectivity index (χ4n) is 3.12. The minimum absolute atomic E-state index is 0.567. The van der Waals surface area contributed by atoms with Crippen molar-refractivity contribution in [1.29, 1.82) is 0 Å². The fourth-order valence-corrected chi connectivity index (χ4v) is 3.12. The van der Waals surface area contributed by atoms with Crippen molar-refractivity contribution in [2.45, 2.75) is 53.1 Å². The Balaban J connectivity index is 2.11. The van der Waals surface area contributed by atoms with Gasteiger partial charge in [0, 0.05) is 24.3 Å². The molecule has 0 amide bonds. The quantitative estimate of drug-likeness (QED) is 0.880. The minimum Gasteiger partial charge on any atom is -0.368 e. The van der Waals surface area contributed by atoms with Crippen LogP contribution in [-0.4, -0.2) is 25.2 Å². The number of hydrogen-bond acceptors (Lipinski definition) is 2. The average molecular weight is 274 g/mol. The molecule has 0 spiro atoms. The normalized spacial score (nSPS) is 21.7. The standard InChI is InChI=1S/C18H30N2/c1-13(2)19-11-15(4)16(5)20-12-14(3)10-17-8-6-7-9-18(17)20/h6-9,13-16,19H,10-12H2,1-5H3. The molecule has 1 aromatic carbocycles. The lowest BCUT2D eigenvalue weighted by atomic mass is 9.90. The molecule has 1 heterocycles. The second kappa shape index (κ2) is 6.62. The summed E-state index contributed by atoms with van der Waals surface area (Å²) in [6.45, 7) is 13.8. The molecule has 0 radical (unpaired) electrons. The van der Waals surface area contributed by atoms with Crippen molar-refractivity contribution >= 4 is 5.69 Å². The molecule has 112 valence electrons. The molecule has 0 fully saturated rings. The molecule has 2 heteroatoms. The molecule has 1 N–H and O–H groups in total. The molecular formula is C18H30N2. The molecule has 3 unspecified atom stereocenters. The van der Waals surface area contributed by atoms with Gasteiger partial charge in [0.05, 0.1) is 0 Å². The van der Waals surface area contributed by atoms with Crippen molar-refractivity contribution in [3.63, 3.8) is 0 Å². The molecule has 1 aliphatic heterocycles. The van der Waals surface area contributed by atoms with Crippen LogP contribution in [0.5, 0.6) is 0 Å². The van der Waals surface area contributed by atoms with Gasteiger partial charge in [0.1, 0.15) is 0 Å². The van der Waals surface area contributed by atoms with E-state index in [4.69, 9.17) is 0 Å². The smallest absolute Gasteiger partial charge is 0.0401 e. The van der Waals surface area contributed by atoms with Crippen LogP contribution in [0.25, 0.3) is 0 Å². The van der Waals surface area contributed by atoms with Gasteiger partial charge >= 0.3 is 0 Å². The second-order valence-corrected chi connectivity index (χ2v) is 6.87. The maximum absolute atomic E-state index is 3.57. The van der Waals surface area contributed by atoms with Gasteiger partial charge in [-0.3, -0.25) is 0 Å². The lowest BCUT2D eigenvalue weighted by Crippen LogP contribution is -2.46. The summed E-state index contributed by atoms with van der Waals surface area (Å²) < 4.78 is 0. The van der Waals surface area contributed by atoms with E-state index in [1.54, 1.807) is 0 Å². The van der Waals surface area contributed by atoms with Crippen LogP contribution in [0.2, 0.25) is 0 Å². The van der Waals surface area contributed by atoms with E-state index in [2.05, 4.69) is 69.1 Å². The van der Waals surface area contributed by atoms with Crippen LogP contribution >= 0.6 is 0 Å². The molecule has 2 nitrogen and oxygen atoms in total. The fraction of sp³-hybridized carbons (Fsp3) is 0.667. The predicted molar refractivity (Wildman–Crippen MR) is 88.4 cm³/mol.